The van der Waals surface area contributed by atoms with Gasteiger partial charge in [-0.3, -0.25) is 0 Å². The van der Waals surface area contributed by atoms with E-state index in [0.29, 0.717) is 0 Å². The molecular formula is C14H16O3. The summed E-state index contributed by atoms with van der Waals surface area (Å²) >= 11 is 0. The maximum absolute atomic E-state index is 9.88. The van der Waals surface area contributed by atoms with Crippen molar-refractivity contribution in [2.75, 3.05) is 13.7 Å². The van der Waals surface area contributed by atoms with Crippen molar-refractivity contribution in [2.24, 2.45) is 0 Å². The summed E-state index contributed by atoms with van der Waals surface area (Å²) in [7, 11) is 1.64. The van der Waals surface area contributed by atoms with Crippen LogP contribution in [0.2, 0.25) is 0 Å². The van der Waals surface area contributed by atoms with Crippen molar-refractivity contribution in [2.45, 2.75) is 11.7 Å². The van der Waals surface area contributed by atoms with E-state index in [1.54, 1.807) is 13.2 Å². The zero-order chi connectivity index (χ0) is 12.3. The predicted octanol–water partition coefficient (Wildman–Crippen LogP) is 2.24. The lowest BCUT2D eigenvalue weighted by Gasteiger charge is -2.28. The molecule has 1 heterocycles. The van der Waals surface area contributed by atoms with Gasteiger partial charge in [-0.2, -0.15) is 0 Å². The number of rotatable bonds is 3. The smallest absolute Gasteiger partial charge is 0.124 e. The van der Waals surface area contributed by atoms with Crippen LogP contribution in [0.3, 0.4) is 0 Å². The van der Waals surface area contributed by atoms with Crippen molar-refractivity contribution in [3.8, 4) is 5.75 Å². The van der Waals surface area contributed by atoms with Crippen molar-refractivity contribution in [3.63, 3.8) is 0 Å². The highest BCUT2D eigenvalue weighted by atomic mass is 16.5. The fraction of sp³-hybridized carbons (Fsp3) is 0.286. The van der Waals surface area contributed by atoms with Gasteiger partial charge in [0.15, 0.2) is 0 Å². The lowest BCUT2D eigenvalue weighted by molar-refractivity contribution is -0.0220. The van der Waals surface area contributed by atoms with Gasteiger partial charge in [-0.25, -0.2) is 0 Å². The van der Waals surface area contributed by atoms with Crippen LogP contribution in [0.15, 0.2) is 49.1 Å². The SMILES string of the molecule is C=C[C@@]1(O)C=C[C@H](c2ccc(OC)cc2)OC1. The molecule has 0 unspecified atom stereocenters. The minimum absolute atomic E-state index is 0.124. The quantitative estimate of drug-likeness (QED) is 0.812. The lowest BCUT2D eigenvalue weighted by atomic mass is 9.99. The van der Waals surface area contributed by atoms with Gasteiger partial charge in [0.25, 0.3) is 0 Å². The van der Waals surface area contributed by atoms with Crippen LogP contribution in [-0.4, -0.2) is 24.4 Å². The molecular weight excluding hydrogens is 216 g/mol. The second-order valence-corrected chi connectivity index (χ2v) is 4.06. The molecule has 1 aromatic rings. The highest BCUT2D eigenvalue weighted by Crippen LogP contribution is 2.28. The fourth-order valence-electron chi connectivity index (χ4n) is 1.71. The molecule has 0 fully saturated rings. The normalized spacial score (nSPS) is 27.8. The van der Waals surface area contributed by atoms with Crippen molar-refractivity contribution in [1.82, 2.24) is 0 Å². The van der Waals surface area contributed by atoms with Crippen molar-refractivity contribution >= 4 is 0 Å². The number of hydrogen-bond acceptors (Lipinski definition) is 3. The number of ether oxygens (including phenoxy) is 2. The third-order valence-electron chi connectivity index (χ3n) is 2.85. The average molecular weight is 232 g/mol. The standard InChI is InChI=1S/C14H16O3/c1-3-14(15)9-8-13(17-10-14)11-4-6-12(16-2)7-5-11/h3-9,13,15H,1,10H2,2H3/t13-,14-/m1/s1. The summed E-state index contributed by atoms with van der Waals surface area (Å²) in [5.74, 6) is 0.816. The van der Waals surface area contributed by atoms with E-state index in [1.165, 1.54) is 6.08 Å². The Bertz CT molecular complexity index is 422. The van der Waals surface area contributed by atoms with Crippen molar-refractivity contribution in [1.29, 1.82) is 0 Å². The Labute approximate surface area is 101 Å². The topological polar surface area (TPSA) is 38.7 Å². The Kier molecular flexibility index (Phi) is 3.31. The monoisotopic (exact) mass is 232 g/mol. The summed E-state index contributed by atoms with van der Waals surface area (Å²) in [6.07, 6.45) is 4.92. The molecule has 1 aliphatic rings. The van der Waals surface area contributed by atoms with Crippen LogP contribution in [0, 0.1) is 0 Å². The summed E-state index contributed by atoms with van der Waals surface area (Å²) < 4.78 is 10.7. The molecule has 90 valence electrons. The molecule has 0 saturated carbocycles. The Balaban J connectivity index is 2.14. The maximum atomic E-state index is 9.88. The number of aliphatic hydroxyl groups is 1. The van der Waals surface area contributed by atoms with Crippen LogP contribution >= 0.6 is 0 Å². The van der Waals surface area contributed by atoms with E-state index in [-0.39, 0.29) is 12.7 Å². The Morgan fingerprint density at radius 1 is 1.47 bits per heavy atom. The predicted molar refractivity (Wildman–Crippen MR) is 66.0 cm³/mol. The molecule has 0 radical (unpaired) electrons. The van der Waals surface area contributed by atoms with Gasteiger partial charge < -0.3 is 14.6 Å². The van der Waals surface area contributed by atoms with Crippen LogP contribution in [0.1, 0.15) is 11.7 Å². The summed E-state index contributed by atoms with van der Waals surface area (Å²) in [5.41, 5.74) is -0.00338. The first kappa shape index (κ1) is 11.9. The second-order valence-electron chi connectivity index (χ2n) is 4.06. The van der Waals surface area contributed by atoms with E-state index in [2.05, 4.69) is 6.58 Å². The number of methoxy groups -OCH3 is 1. The first-order chi connectivity index (χ1) is 8.17. The van der Waals surface area contributed by atoms with E-state index >= 15 is 0 Å². The molecule has 0 aromatic heterocycles. The van der Waals surface area contributed by atoms with Gasteiger partial charge in [0.1, 0.15) is 17.5 Å². The summed E-state index contributed by atoms with van der Waals surface area (Å²) in [5, 5.41) is 9.88. The molecule has 0 spiro atoms. The summed E-state index contributed by atoms with van der Waals surface area (Å²) in [4.78, 5) is 0. The van der Waals surface area contributed by atoms with Gasteiger partial charge in [-0.1, -0.05) is 30.9 Å². The molecule has 0 amide bonds. The first-order valence-corrected chi connectivity index (χ1v) is 5.48. The molecule has 3 heteroatoms. The summed E-state index contributed by atoms with van der Waals surface area (Å²) in [6.45, 7) is 3.80. The van der Waals surface area contributed by atoms with Gasteiger partial charge in [0.2, 0.25) is 0 Å². The molecule has 0 bridgehead atoms. The van der Waals surface area contributed by atoms with Crippen molar-refractivity contribution in [3.05, 3.63) is 54.6 Å². The molecule has 2 rings (SSSR count). The van der Waals surface area contributed by atoms with Crippen molar-refractivity contribution < 1.29 is 14.6 Å². The number of benzene rings is 1. The van der Waals surface area contributed by atoms with Crippen LogP contribution < -0.4 is 4.74 Å². The Hall–Kier alpha value is -1.58. The van der Waals surface area contributed by atoms with Gasteiger partial charge in [0.05, 0.1) is 13.7 Å². The third kappa shape index (κ3) is 2.57. The maximum Gasteiger partial charge on any atom is 0.124 e. The lowest BCUT2D eigenvalue weighted by Crippen LogP contribution is -2.33. The molecule has 3 nitrogen and oxygen atoms in total. The van der Waals surface area contributed by atoms with E-state index in [4.69, 9.17) is 9.47 Å². The second kappa shape index (κ2) is 4.73. The minimum Gasteiger partial charge on any atom is -0.497 e. The molecule has 0 saturated heterocycles. The molecule has 1 aromatic carbocycles. The van der Waals surface area contributed by atoms with Crippen LogP contribution in [0.5, 0.6) is 5.75 Å². The highest BCUT2D eigenvalue weighted by Gasteiger charge is 2.26. The largest absolute Gasteiger partial charge is 0.497 e. The average Bonchev–Trinajstić information content (AvgIpc) is 2.40. The fourth-order valence-corrected chi connectivity index (χ4v) is 1.71. The molecule has 0 aliphatic carbocycles. The van der Waals surface area contributed by atoms with Gasteiger partial charge in [-0.15, -0.1) is 0 Å². The van der Waals surface area contributed by atoms with Gasteiger partial charge in [0, 0.05) is 0 Å². The minimum atomic E-state index is -1.04. The highest BCUT2D eigenvalue weighted by molar-refractivity contribution is 5.31. The molecule has 1 aliphatic heterocycles. The Morgan fingerprint density at radius 2 is 2.18 bits per heavy atom. The Morgan fingerprint density at radius 3 is 2.65 bits per heavy atom. The van der Waals surface area contributed by atoms with E-state index in [9.17, 15) is 5.11 Å². The first-order valence-electron chi connectivity index (χ1n) is 5.48. The summed E-state index contributed by atoms with van der Waals surface area (Å²) in [6, 6.07) is 7.68. The number of hydrogen-bond donors (Lipinski definition) is 1. The molecule has 2 atom stereocenters. The van der Waals surface area contributed by atoms with E-state index < -0.39 is 5.60 Å². The molecule has 17 heavy (non-hydrogen) atoms. The van der Waals surface area contributed by atoms with Gasteiger partial charge in [-0.05, 0) is 23.8 Å². The van der Waals surface area contributed by atoms with Crippen LogP contribution in [0.25, 0.3) is 0 Å². The van der Waals surface area contributed by atoms with Crippen LogP contribution in [0.4, 0.5) is 0 Å². The van der Waals surface area contributed by atoms with E-state index in [1.807, 2.05) is 30.3 Å². The molecule has 1 N–H and O–H groups in total. The third-order valence-corrected chi connectivity index (χ3v) is 2.85. The zero-order valence-electron chi connectivity index (χ0n) is 9.80. The van der Waals surface area contributed by atoms with Crippen LogP contribution in [-0.2, 0) is 4.74 Å². The zero-order valence-corrected chi connectivity index (χ0v) is 9.80. The van der Waals surface area contributed by atoms with E-state index in [0.717, 1.165) is 11.3 Å². The van der Waals surface area contributed by atoms with Gasteiger partial charge >= 0.3 is 0 Å².